The highest BCUT2D eigenvalue weighted by molar-refractivity contribution is 5.66. The molecular formula is C19H25NO4. The van der Waals surface area contributed by atoms with E-state index in [9.17, 15) is 4.79 Å². The quantitative estimate of drug-likeness (QED) is 0.651. The zero-order chi connectivity index (χ0) is 17.4. The largest absolute Gasteiger partial charge is 0.488 e. The molecule has 5 nitrogen and oxygen atoms in total. The minimum Gasteiger partial charge on any atom is -0.488 e. The number of hydrogen-bond acceptors (Lipinski definition) is 4. The summed E-state index contributed by atoms with van der Waals surface area (Å²) in [5.41, 5.74) is 3.05. The molecule has 0 amide bonds. The predicted molar refractivity (Wildman–Crippen MR) is 91.2 cm³/mol. The third-order valence-electron chi connectivity index (χ3n) is 4.11. The van der Waals surface area contributed by atoms with Crippen molar-refractivity contribution in [1.29, 1.82) is 0 Å². The van der Waals surface area contributed by atoms with E-state index in [1.165, 1.54) is 5.56 Å². The van der Waals surface area contributed by atoms with Crippen LogP contribution in [0.3, 0.4) is 0 Å². The van der Waals surface area contributed by atoms with Crippen LogP contribution in [0.25, 0.3) is 0 Å². The Morgan fingerprint density at radius 1 is 1.17 bits per heavy atom. The van der Waals surface area contributed by atoms with Crippen molar-refractivity contribution in [3.8, 4) is 5.75 Å². The number of carbonyl (C=O) groups is 1. The van der Waals surface area contributed by atoms with Crippen LogP contribution in [0, 0.1) is 13.8 Å². The van der Waals surface area contributed by atoms with Crippen molar-refractivity contribution in [3.05, 3.63) is 46.8 Å². The lowest BCUT2D eigenvalue weighted by atomic mass is 10.0. The van der Waals surface area contributed by atoms with Crippen LogP contribution in [0.5, 0.6) is 5.75 Å². The minimum atomic E-state index is -0.715. The topological polar surface area (TPSA) is 72.6 Å². The molecule has 5 heteroatoms. The molecule has 0 unspecified atom stereocenters. The van der Waals surface area contributed by atoms with Gasteiger partial charge in [0.15, 0.2) is 0 Å². The van der Waals surface area contributed by atoms with Gasteiger partial charge in [-0.05, 0) is 44.7 Å². The summed E-state index contributed by atoms with van der Waals surface area (Å²) < 4.78 is 11.1. The summed E-state index contributed by atoms with van der Waals surface area (Å²) >= 11 is 0. The third kappa shape index (κ3) is 5.41. The minimum absolute atomic E-state index is 0.261. The Morgan fingerprint density at radius 3 is 2.62 bits per heavy atom. The Kier molecular flexibility index (Phi) is 6.85. The van der Waals surface area contributed by atoms with Crippen LogP contribution in [-0.4, -0.2) is 16.2 Å². The summed E-state index contributed by atoms with van der Waals surface area (Å²) in [6.07, 6.45) is 4.96. The van der Waals surface area contributed by atoms with Crippen LogP contribution in [0.15, 0.2) is 28.8 Å². The number of aromatic nitrogens is 1. The normalized spacial score (nSPS) is 10.8. The van der Waals surface area contributed by atoms with Gasteiger partial charge in [-0.2, -0.15) is 0 Å². The van der Waals surface area contributed by atoms with Crippen LogP contribution in [-0.2, 0) is 17.8 Å². The lowest BCUT2D eigenvalue weighted by Crippen LogP contribution is -2.00. The van der Waals surface area contributed by atoms with Crippen molar-refractivity contribution in [2.24, 2.45) is 0 Å². The van der Waals surface area contributed by atoms with Crippen molar-refractivity contribution < 1.29 is 19.2 Å². The smallest absolute Gasteiger partial charge is 0.303 e. The number of benzene rings is 1. The fourth-order valence-electron chi connectivity index (χ4n) is 2.65. The van der Waals surface area contributed by atoms with Crippen LogP contribution < -0.4 is 4.74 Å². The molecule has 0 aliphatic rings. The van der Waals surface area contributed by atoms with E-state index in [0.29, 0.717) is 6.61 Å². The van der Waals surface area contributed by atoms with Gasteiger partial charge in [-0.15, -0.1) is 0 Å². The summed E-state index contributed by atoms with van der Waals surface area (Å²) in [6.45, 7) is 4.26. The second kappa shape index (κ2) is 9.11. The van der Waals surface area contributed by atoms with Gasteiger partial charge in [-0.1, -0.05) is 36.2 Å². The van der Waals surface area contributed by atoms with Gasteiger partial charge in [-0.25, -0.2) is 0 Å². The zero-order valence-corrected chi connectivity index (χ0v) is 14.4. The number of ether oxygens (including phenoxy) is 1. The standard InChI is InChI=1S/C19H25NO4/c1-14-17(15(2)24-20-14)13-23-18-11-8-7-10-16(18)9-5-3-4-6-12-19(21)22/h7-8,10-11H,3-6,9,12-13H2,1-2H3,(H,21,22). The van der Waals surface area contributed by atoms with Crippen LogP contribution in [0.4, 0.5) is 0 Å². The third-order valence-corrected chi connectivity index (χ3v) is 4.11. The molecule has 2 rings (SSSR count). The van der Waals surface area contributed by atoms with Gasteiger partial charge in [0.05, 0.1) is 11.3 Å². The van der Waals surface area contributed by atoms with Gasteiger partial charge >= 0.3 is 5.97 Å². The van der Waals surface area contributed by atoms with E-state index in [-0.39, 0.29) is 6.42 Å². The summed E-state index contributed by atoms with van der Waals surface area (Å²) in [7, 11) is 0. The van der Waals surface area contributed by atoms with Crippen molar-refractivity contribution in [3.63, 3.8) is 0 Å². The Balaban J connectivity index is 1.83. The van der Waals surface area contributed by atoms with E-state index in [1.807, 2.05) is 32.0 Å². The molecule has 130 valence electrons. The molecule has 0 spiro atoms. The molecule has 1 heterocycles. The van der Waals surface area contributed by atoms with Crippen LogP contribution >= 0.6 is 0 Å². The number of para-hydroxylation sites is 1. The molecule has 0 atom stereocenters. The molecule has 0 aliphatic heterocycles. The number of hydrogen-bond donors (Lipinski definition) is 1. The van der Waals surface area contributed by atoms with Gasteiger partial charge in [0.2, 0.25) is 0 Å². The average molecular weight is 331 g/mol. The summed E-state index contributed by atoms with van der Waals surface area (Å²) in [5.74, 6) is 0.972. The maximum absolute atomic E-state index is 10.5. The highest BCUT2D eigenvalue weighted by Crippen LogP contribution is 2.23. The number of aryl methyl sites for hydroxylation is 3. The lowest BCUT2D eigenvalue weighted by Gasteiger charge is -2.11. The zero-order valence-electron chi connectivity index (χ0n) is 14.4. The maximum Gasteiger partial charge on any atom is 0.303 e. The van der Waals surface area contributed by atoms with E-state index in [4.69, 9.17) is 14.4 Å². The predicted octanol–water partition coefficient (Wildman–Crippen LogP) is 4.45. The Hall–Kier alpha value is -2.30. The molecule has 1 N–H and O–H groups in total. The molecule has 0 bridgehead atoms. The lowest BCUT2D eigenvalue weighted by molar-refractivity contribution is -0.137. The van der Waals surface area contributed by atoms with Crippen LogP contribution in [0.1, 0.15) is 54.7 Å². The van der Waals surface area contributed by atoms with Crippen molar-refractivity contribution in [1.82, 2.24) is 5.16 Å². The molecule has 1 aromatic carbocycles. The Morgan fingerprint density at radius 2 is 1.92 bits per heavy atom. The van der Waals surface area contributed by atoms with E-state index in [0.717, 1.165) is 54.9 Å². The SMILES string of the molecule is Cc1noc(C)c1COc1ccccc1CCCCCCC(=O)O. The van der Waals surface area contributed by atoms with Gasteiger partial charge in [0.1, 0.15) is 18.1 Å². The van der Waals surface area contributed by atoms with E-state index in [1.54, 1.807) is 0 Å². The molecule has 0 aliphatic carbocycles. The van der Waals surface area contributed by atoms with E-state index >= 15 is 0 Å². The second-order valence-electron chi connectivity index (χ2n) is 6.01. The average Bonchev–Trinajstić information content (AvgIpc) is 2.88. The molecule has 1 aromatic heterocycles. The Labute approximate surface area is 142 Å². The molecule has 0 saturated carbocycles. The number of rotatable bonds is 10. The van der Waals surface area contributed by atoms with Gasteiger partial charge in [-0.3, -0.25) is 4.79 Å². The monoisotopic (exact) mass is 331 g/mol. The Bertz CT molecular complexity index is 644. The van der Waals surface area contributed by atoms with Gasteiger partial charge in [0.25, 0.3) is 0 Å². The van der Waals surface area contributed by atoms with Crippen molar-refractivity contribution in [2.45, 2.75) is 59.0 Å². The fraction of sp³-hybridized carbons (Fsp3) is 0.474. The molecule has 0 saturated heterocycles. The van der Waals surface area contributed by atoms with Crippen molar-refractivity contribution in [2.75, 3.05) is 0 Å². The highest BCUT2D eigenvalue weighted by atomic mass is 16.5. The number of aliphatic carboxylic acids is 1. The summed E-state index contributed by atoms with van der Waals surface area (Å²) in [5, 5.41) is 12.6. The first-order valence-corrected chi connectivity index (χ1v) is 8.42. The molecule has 2 aromatic rings. The molecule has 0 fully saturated rings. The van der Waals surface area contributed by atoms with Gasteiger partial charge < -0.3 is 14.4 Å². The first kappa shape index (κ1) is 18.0. The fourth-order valence-corrected chi connectivity index (χ4v) is 2.65. The number of nitrogens with zero attached hydrogens (tertiary/aromatic N) is 1. The molecule has 0 radical (unpaired) electrons. The summed E-state index contributed by atoms with van der Waals surface area (Å²) in [4.78, 5) is 10.5. The summed E-state index contributed by atoms with van der Waals surface area (Å²) in [6, 6.07) is 8.05. The molecule has 24 heavy (non-hydrogen) atoms. The number of carboxylic acid groups (broad SMARTS) is 1. The van der Waals surface area contributed by atoms with E-state index < -0.39 is 5.97 Å². The molecular weight excluding hydrogens is 306 g/mol. The first-order valence-electron chi connectivity index (χ1n) is 8.42. The second-order valence-corrected chi connectivity index (χ2v) is 6.01. The number of carboxylic acids is 1. The van der Waals surface area contributed by atoms with Gasteiger partial charge in [0, 0.05) is 6.42 Å². The van der Waals surface area contributed by atoms with Crippen molar-refractivity contribution >= 4 is 5.97 Å². The maximum atomic E-state index is 10.5. The first-order chi connectivity index (χ1) is 11.6. The highest BCUT2D eigenvalue weighted by Gasteiger charge is 2.11. The number of unbranched alkanes of at least 4 members (excludes halogenated alkanes) is 3. The van der Waals surface area contributed by atoms with E-state index in [2.05, 4.69) is 11.2 Å². The van der Waals surface area contributed by atoms with Crippen LogP contribution in [0.2, 0.25) is 0 Å².